The maximum atomic E-state index is 12.0. The first-order valence-electron chi connectivity index (χ1n) is 5.68. The van der Waals surface area contributed by atoms with Crippen LogP contribution in [0.2, 0.25) is 0 Å². The minimum atomic E-state index is -0.778. The van der Waals surface area contributed by atoms with E-state index in [0.29, 0.717) is 13.1 Å². The number of amides is 5. The Kier molecular flexibility index (Phi) is 2.51. The molecule has 3 heterocycles. The summed E-state index contributed by atoms with van der Waals surface area (Å²) in [4.78, 5) is 38.0. The van der Waals surface area contributed by atoms with Crippen molar-refractivity contribution in [3.63, 3.8) is 0 Å². The fourth-order valence-electron chi connectivity index (χ4n) is 2.32. The minimum absolute atomic E-state index is 0.00877. The number of nitrogens with two attached hydrogens (primary N) is 1. The van der Waals surface area contributed by atoms with Gasteiger partial charge in [-0.15, -0.1) is 11.8 Å². The van der Waals surface area contributed by atoms with E-state index in [-0.39, 0.29) is 17.3 Å². The highest BCUT2D eigenvalue weighted by molar-refractivity contribution is 8.01. The molecule has 0 spiro atoms. The molecule has 0 radical (unpaired) electrons. The molecular weight excluding hydrogens is 258 g/mol. The third kappa shape index (κ3) is 1.57. The highest BCUT2D eigenvalue weighted by atomic mass is 32.2. The lowest BCUT2D eigenvalue weighted by Crippen LogP contribution is -2.50. The summed E-state index contributed by atoms with van der Waals surface area (Å²) >= 11 is 1.50. The lowest BCUT2D eigenvalue weighted by Gasteiger charge is -2.33. The highest BCUT2D eigenvalue weighted by Gasteiger charge is 2.50. The summed E-state index contributed by atoms with van der Waals surface area (Å²) in [7, 11) is 0. The van der Waals surface area contributed by atoms with Gasteiger partial charge in [0.25, 0.3) is 5.91 Å². The number of rotatable bonds is 2. The second kappa shape index (κ2) is 3.94. The monoisotopic (exact) mass is 271 g/mol. The van der Waals surface area contributed by atoms with Crippen LogP contribution < -0.4 is 11.2 Å². The molecule has 9 heteroatoms. The molecule has 2 unspecified atom stereocenters. The number of primary amides is 1. The zero-order valence-electron chi connectivity index (χ0n) is 9.54. The number of hydrogen-bond donors (Lipinski definition) is 2. The van der Waals surface area contributed by atoms with Gasteiger partial charge in [0, 0.05) is 13.1 Å². The number of nitrogens with one attached hydrogen (secondary N) is 1. The quantitative estimate of drug-likeness (QED) is 0.668. The molecule has 3 aliphatic rings. The number of hydrogen-bond acceptors (Lipinski definition) is 4. The first kappa shape index (κ1) is 11.5. The third-order valence-electron chi connectivity index (χ3n) is 3.31. The summed E-state index contributed by atoms with van der Waals surface area (Å²) in [5.41, 5.74) is 7.22. The van der Waals surface area contributed by atoms with Crippen LogP contribution in [0.1, 0.15) is 6.42 Å². The topological polar surface area (TPSA) is 99.0 Å². The van der Waals surface area contributed by atoms with Gasteiger partial charge in [-0.3, -0.25) is 4.79 Å². The smallest absolute Gasteiger partial charge is 0.340 e. The summed E-state index contributed by atoms with van der Waals surface area (Å²) in [6.07, 6.45) is 0.984. The van der Waals surface area contributed by atoms with E-state index in [1.807, 2.05) is 0 Å². The fourth-order valence-corrected chi connectivity index (χ4v) is 3.81. The SMILES string of the molecule is NC(=O)NN1CCN(C2SC3CCN3C2=O)C1=O. The number of urea groups is 2. The first-order chi connectivity index (χ1) is 8.58. The van der Waals surface area contributed by atoms with Crippen molar-refractivity contribution in [2.24, 2.45) is 5.73 Å². The predicted octanol–water partition coefficient (Wildman–Crippen LogP) is -1.06. The number of fused-ring (bicyclic) bond motifs is 1. The van der Waals surface area contributed by atoms with Crippen LogP contribution in [0.25, 0.3) is 0 Å². The van der Waals surface area contributed by atoms with E-state index in [0.717, 1.165) is 18.0 Å². The van der Waals surface area contributed by atoms with Crippen molar-refractivity contribution in [2.45, 2.75) is 17.2 Å². The Labute approximate surface area is 107 Å². The number of thioether (sulfide) groups is 1. The summed E-state index contributed by atoms with van der Waals surface area (Å²) in [5, 5.41) is 0.907. The van der Waals surface area contributed by atoms with E-state index in [4.69, 9.17) is 5.73 Å². The standard InChI is InChI=1S/C9H13N5O3S/c10-8(16)11-14-4-3-13(9(14)17)7-6(15)12-2-1-5(12)18-7/h5,7H,1-4H2,(H3,10,11,16). The largest absolute Gasteiger partial charge is 0.350 e. The maximum absolute atomic E-state index is 12.0. The van der Waals surface area contributed by atoms with Crippen molar-refractivity contribution >= 4 is 29.7 Å². The zero-order chi connectivity index (χ0) is 12.9. The second-order valence-corrected chi connectivity index (χ2v) is 5.63. The van der Waals surface area contributed by atoms with E-state index in [2.05, 4.69) is 5.43 Å². The van der Waals surface area contributed by atoms with Crippen LogP contribution >= 0.6 is 11.8 Å². The van der Waals surface area contributed by atoms with Crippen molar-refractivity contribution in [3.8, 4) is 0 Å². The molecule has 2 atom stereocenters. The Balaban J connectivity index is 1.69. The van der Waals surface area contributed by atoms with Gasteiger partial charge in [-0.2, -0.15) is 0 Å². The van der Waals surface area contributed by atoms with Crippen LogP contribution in [0.4, 0.5) is 9.59 Å². The normalized spacial score (nSPS) is 30.6. The van der Waals surface area contributed by atoms with Crippen molar-refractivity contribution < 1.29 is 14.4 Å². The van der Waals surface area contributed by atoms with E-state index < -0.39 is 11.4 Å². The molecule has 3 rings (SSSR count). The molecule has 98 valence electrons. The van der Waals surface area contributed by atoms with Gasteiger partial charge in [-0.1, -0.05) is 0 Å². The molecule has 0 aliphatic carbocycles. The van der Waals surface area contributed by atoms with E-state index in [1.165, 1.54) is 16.7 Å². The van der Waals surface area contributed by atoms with Gasteiger partial charge >= 0.3 is 12.1 Å². The van der Waals surface area contributed by atoms with Crippen molar-refractivity contribution in [3.05, 3.63) is 0 Å². The highest BCUT2D eigenvalue weighted by Crippen LogP contribution is 2.41. The molecule has 0 saturated carbocycles. The van der Waals surface area contributed by atoms with E-state index in [9.17, 15) is 14.4 Å². The molecule has 3 fully saturated rings. The molecule has 0 aromatic rings. The van der Waals surface area contributed by atoms with Crippen LogP contribution in [-0.4, -0.2) is 63.2 Å². The summed E-state index contributed by atoms with van der Waals surface area (Å²) in [5.74, 6) is -0.00877. The first-order valence-corrected chi connectivity index (χ1v) is 6.62. The van der Waals surface area contributed by atoms with Gasteiger partial charge < -0.3 is 15.5 Å². The molecule has 0 aromatic heterocycles. The van der Waals surface area contributed by atoms with Crippen molar-refractivity contribution in [1.29, 1.82) is 0 Å². The van der Waals surface area contributed by atoms with Crippen LogP contribution in [0.5, 0.6) is 0 Å². The molecule has 5 amide bonds. The molecule has 3 N–H and O–H groups in total. The van der Waals surface area contributed by atoms with Gasteiger partial charge in [0.1, 0.15) is 0 Å². The Morgan fingerprint density at radius 2 is 2.06 bits per heavy atom. The summed E-state index contributed by atoms with van der Waals surface area (Å²) < 4.78 is 0. The zero-order valence-corrected chi connectivity index (χ0v) is 10.4. The fraction of sp³-hybridized carbons (Fsp3) is 0.667. The third-order valence-corrected chi connectivity index (χ3v) is 4.83. The predicted molar refractivity (Wildman–Crippen MR) is 63.0 cm³/mol. The molecule has 3 saturated heterocycles. The lowest BCUT2D eigenvalue weighted by atomic mass is 10.2. The van der Waals surface area contributed by atoms with Gasteiger partial charge in [0.05, 0.1) is 11.9 Å². The lowest BCUT2D eigenvalue weighted by molar-refractivity contribution is -0.135. The Hall–Kier alpha value is -1.64. The maximum Gasteiger partial charge on any atom is 0.340 e. The van der Waals surface area contributed by atoms with Crippen LogP contribution in [0, 0.1) is 0 Å². The average Bonchev–Trinajstić information content (AvgIpc) is 2.69. The number of hydrazine groups is 1. The van der Waals surface area contributed by atoms with E-state index in [1.54, 1.807) is 4.90 Å². The second-order valence-electron chi connectivity index (χ2n) is 4.37. The Morgan fingerprint density at radius 3 is 2.56 bits per heavy atom. The summed E-state index contributed by atoms with van der Waals surface area (Å²) in [6.45, 7) is 1.54. The van der Waals surface area contributed by atoms with Gasteiger partial charge in [0.2, 0.25) is 0 Å². The minimum Gasteiger partial charge on any atom is -0.350 e. The Bertz CT molecular complexity index is 430. The average molecular weight is 271 g/mol. The molecule has 3 aliphatic heterocycles. The van der Waals surface area contributed by atoms with Crippen molar-refractivity contribution in [2.75, 3.05) is 19.6 Å². The summed E-state index contributed by atoms with van der Waals surface area (Å²) in [6, 6.07) is -1.15. The van der Waals surface area contributed by atoms with Crippen LogP contribution in [0.15, 0.2) is 0 Å². The van der Waals surface area contributed by atoms with Gasteiger partial charge in [-0.05, 0) is 6.42 Å². The number of nitrogens with zero attached hydrogens (tertiary/aromatic N) is 3. The molecular formula is C9H13N5O3S. The van der Waals surface area contributed by atoms with E-state index >= 15 is 0 Å². The van der Waals surface area contributed by atoms with Gasteiger partial charge in [0.15, 0.2) is 5.37 Å². The molecule has 8 nitrogen and oxygen atoms in total. The molecule has 0 bridgehead atoms. The molecule has 0 aromatic carbocycles. The molecule has 18 heavy (non-hydrogen) atoms. The van der Waals surface area contributed by atoms with Crippen molar-refractivity contribution in [1.82, 2.24) is 20.2 Å². The number of carbonyl (C=O) groups is 3. The number of carbonyl (C=O) groups excluding carboxylic acids is 3. The van der Waals surface area contributed by atoms with Crippen LogP contribution in [0.3, 0.4) is 0 Å². The Morgan fingerprint density at radius 1 is 1.28 bits per heavy atom. The van der Waals surface area contributed by atoms with Gasteiger partial charge in [-0.25, -0.2) is 20.0 Å². The van der Waals surface area contributed by atoms with Crippen LogP contribution in [-0.2, 0) is 4.79 Å².